The van der Waals surface area contributed by atoms with Crippen molar-refractivity contribution >= 4 is 11.9 Å². The fourth-order valence-electron chi connectivity index (χ4n) is 2.04. The summed E-state index contributed by atoms with van der Waals surface area (Å²) >= 11 is 0. The highest BCUT2D eigenvalue weighted by atomic mass is 16.7. The fraction of sp³-hybridized carbons (Fsp3) is 0.867. The lowest BCUT2D eigenvalue weighted by molar-refractivity contribution is -0.162. The Kier molecular flexibility index (Phi) is 10.9. The molecule has 0 amide bonds. The Bertz CT molecular complexity index is 300. The molecule has 0 aromatic carbocycles. The molecule has 0 aromatic heterocycles. The van der Waals surface area contributed by atoms with Crippen LogP contribution in [0.3, 0.4) is 0 Å². The van der Waals surface area contributed by atoms with E-state index in [2.05, 4.69) is 5.32 Å². The van der Waals surface area contributed by atoms with Gasteiger partial charge in [0.1, 0.15) is 12.1 Å². The Morgan fingerprint density at radius 3 is 2.24 bits per heavy atom. The third-order valence-corrected chi connectivity index (χ3v) is 3.40. The molecule has 0 bridgehead atoms. The van der Waals surface area contributed by atoms with E-state index in [0.717, 1.165) is 0 Å². The van der Waals surface area contributed by atoms with E-state index in [4.69, 9.17) is 14.2 Å². The molecule has 21 heavy (non-hydrogen) atoms. The monoisotopic (exact) mass is 303 g/mol. The predicted molar refractivity (Wildman–Crippen MR) is 79.7 cm³/mol. The average molecular weight is 303 g/mol. The van der Waals surface area contributed by atoms with Gasteiger partial charge in [-0.3, -0.25) is 9.59 Å². The Hall–Kier alpha value is -1.14. The average Bonchev–Trinajstić information content (AvgIpc) is 2.54. The number of rotatable bonds is 6. The van der Waals surface area contributed by atoms with E-state index in [1.807, 2.05) is 13.8 Å². The number of ether oxygens (including phenoxy) is 3. The van der Waals surface area contributed by atoms with Gasteiger partial charge in [0.15, 0.2) is 6.79 Å². The van der Waals surface area contributed by atoms with Gasteiger partial charge in [-0.15, -0.1) is 0 Å². The van der Waals surface area contributed by atoms with Crippen LogP contribution >= 0.6 is 0 Å². The van der Waals surface area contributed by atoms with Crippen LogP contribution in [-0.4, -0.2) is 45.0 Å². The van der Waals surface area contributed by atoms with Crippen molar-refractivity contribution in [3.63, 3.8) is 0 Å². The lowest BCUT2D eigenvalue weighted by Gasteiger charge is -2.27. The second kappa shape index (κ2) is 11.5. The summed E-state index contributed by atoms with van der Waals surface area (Å²) < 4.78 is 15.0. The van der Waals surface area contributed by atoms with E-state index in [1.165, 1.54) is 7.11 Å². The van der Waals surface area contributed by atoms with Crippen LogP contribution in [0.25, 0.3) is 0 Å². The van der Waals surface area contributed by atoms with Crippen molar-refractivity contribution in [3.8, 4) is 0 Å². The van der Waals surface area contributed by atoms with Gasteiger partial charge in [0, 0.05) is 7.11 Å². The molecule has 0 aromatic rings. The standard InChI is InChI=1S/C13H23NO5.C2H6/c1-9(14-2)12(15)19-11-6-4-10(5-7-11)13(16)18-8-17-3;1-2/h9-11,14H,4-8H2,1-3H3;1-2H3. The van der Waals surface area contributed by atoms with Gasteiger partial charge in [-0.05, 0) is 39.7 Å². The highest BCUT2D eigenvalue weighted by molar-refractivity contribution is 5.75. The molecule has 1 fully saturated rings. The Morgan fingerprint density at radius 1 is 1.19 bits per heavy atom. The molecule has 0 heterocycles. The molecule has 0 saturated heterocycles. The summed E-state index contributed by atoms with van der Waals surface area (Å²) in [6.07, 6.45) is 2.70. The lowest BCUT2D eigenvalue weighted by Crippen LogP contribution is -2.36. The van der Waals surface area contributed by atoms with Gasteiger partial charge < -0.3 is 19.5 Å². The molecule has 1 aliphatic rings. The topological polar surface area (TPSA) is 73.9 Å². The van der Waals surface area contributed by atoms with Gasteiger partial charge in [0.25, 0.3) is 0 Å². The van der Waals surface area contributed by atoms with Gasteiger partial charge in [-0.1, -0.05) is 13.8 Å². The van der Waals surface area contributed by atoms with Crippen molar-refractivity contribution in [1.29, 1.82) is 0 Å². The van der Waals surface area contributed by atoms with Crippen LogP contribution in [0.4, 0.5) is 0 Å². The predicted octanol–water partition coefficient (Wildman–Crippen LogP) is 1.87. The van der Waals surface area contributed by atoms with Crippen LogP contribution < -0.4 is 5.32 Å². The van der Waals surface area contributed by atoms with Crippen molar-refractivity contribution in [3.05, 3.63) is 0 Å². The van der Waals surface area contributed by atoms with Gasteiger partial charge in [-0.25, -0.2) is 0 Å². The number of esters is 2. The minimum atomic E-state index is -0.301. The van der Waals surface area contributed by atoms with E-state index in [0.29, 0.717) is 25.7 Å². The maximum Gasteiger partial charge on any atom is 0.323 e. The molecule has 1 unspecified atom stereocenters. The number of methoxy groups -OCH3 is 1. The van der Waals surface area contributed by atoms with Crippen molar-refractivity contribution in [2.24, 2.45) is 5.92 Å². The molecular weight excluding hydrogens is 274 g/mol. The van der Waals surface area contributed by atoms with E-state index in [1.54, 1.807) is 14.0 Å². The first-order chi connectivity index (χ1) is 10.1. The highest BCUT2D eigenvalue weighted by Gasteiger charge is 2.29. The quantitative estimate of drug-likeness (QED) is 0.596. The van der Waals surface area contributed by atoms with Crippen LogP contribution in [0.15, 0.2) is 0 Å². The highest BCUT2D eigenvalue weighted by Crippen LogP contribution is 2.27. The molecule has 124 valence electrons. The third kappa shape index (κ3) is 7.43. The number of nitrogens with one attached hydrogen (secondary N) is 1. The largest absolute Gasteiger partial charge is 0.461 e. The first-order valence-electron chi connectivity index (χ1n) is 7.61. The summed E-state index contributed by atoms with van der Waals surface area (Å²) in [6, 6.07) is -0.301. The summed E-state index contributed by atoms with van der Waals surface area (Å²) in [4.78, 5) is 23.2. The molecule has 6 nitrogen and oxygen atoms in total. The van der Waals surface area contributed by atoms with Crippen LogP contribution in [0.1, 0.15) is 46.5 Å². The molecule has 1 saturated carbocycles. The molecule has 0 spiro atoms. The SMILES string of the molecule is CC.CNC(C)C(=O)OC1CCC(C(=O)OCOC)CC1. The number of likely N-dealkylation sites (N-methyl/N-ethyl adjacent to an activating group) is 1. The molecule has 0 radical (unpaired) electrons. The molecule has 1 rings (SSSR count). The second-order valence-corrected chi connectivity index (χ2v) is 4.79. The Balaban J connectivity index is 0.00000191. The summed E-state index contributed by atoms with van der Waals surface area (Å²) in [5.41, 5.74) is 0. The summed E-state index contributed by atoms with van der Waals surface area (Å²) in [5, 5.41) is 2.84. The first kappa shape index (κ1) is 19.9. The summed E-state index contributed by atoms with van der Waals surface area (Å²) in [5.74, 6) is -0.574. The normalized spacial score (nSPS) is 22.5. The van der Waals surface area contributed by atoms with Gasteiger partial charge in [-0.2, -0.15) is 0 Å². The van der Waals surface area contributed by atoms with Gasteiger partial charge in [0.05, 0.1) is 5.92 Å². The molecule has 0 aliphatic heterocycles. The zero-order chi connectivity index (χ0) is 16.3. The van der Waals surface area contributed by atoms with Gasteiger partial charge in [0.2, 0.25) is 0 Å². The molecule has 1 aliphatic carbocycles. The van der Waals surface area contributed by atoms with Crippen LogP contribution in [0.2, 0.25) is 0 Å². The molecule has 6 heteroatoms. The Labute approximate surface area is 127 Å². The zero-order valence-electron chi connectivity index (χ0n) is 13.8. The minimum Gasteiger partial charge on any atom is -0.461 e. The second-order valence-electron chi connectivity index (χ2n) is 4.79. The van der Waals surface area contributed by atoms with Crippen molar-refractivity contribution < 1.29 is 23.8 Å². The van der Waals surface area contributed by atoms with Crippen LogP contribution in [-0.2, 0) is 23.8 Å². The van der Waals surface area contributed by atoms with Crippen LogP contribution in [0, 0.1) is 5.92 Å². The number of carbonyl (C=O) groups is 2. The van der Waals surface area contributed by atoms with E-state index in [9.17, 15) is 9.59 Å². The summed E-state index contributed by atoms with van der Waals surface area (Å²) in [6.45, 7) is 5.75. The van der Waals surface area contributed by atoms with E-state index in [-0.39, 0.29) is 36.8 Å². The smallest absolute Gasteiger partial charge is 0.323 e. The summed E-state index contributed by atoms with van der Waals surface area (Å²) in [7, 11) is 3.20. The Morgan fingerprint density at radius 2 is 1.76 bits per heavy atom. The maximum atomic E-state index is 11.6. The number of hydrogen-bond donors (Lipinski definition) is 1. The van der Waals surface area contributed by atoms with Crippen molar-refractivity contribution in [2.75, 3.05) is 21.0 Å². The maximum absolute atomic E-state index is 11.6. The number of carbonyl (C=O) groups excluding carboxylic acids is 2. The van der Waals surface area contributed by atoms with E-state index >= 15 is 0 Å². The molecule has 1 atom stereocenters. The first-order valence-corrected chi connectivity index (χ1v) is 7.61. The van der Waals surface area contributed by atoms with Gasteiger partial charge >= 0.3 is 11.9 Å². The van der Waals surface area contributed by atoms with Crippen molar-refractivity contribution in [1.82, 2.24) is 5.32 Å². The third-order valence-electron chi connectivity index (χ3n) is 3.40. The van der Waals surface area contributed by atoms with Crippen LogP contribution in [0.5, 0.6) is 0 Å². The molecular formula is C15H29NO5. The fourth-order valence-corrected chi connectivity index (χ4v) is 2.04. The lowest BCUT2D eigenvalue weighted by atomic mass is 9.87. The minimum absolute atomic E-state index is 0.00652. The number of hydrogen-bond acceptors (Lipinski definition) is 6. The van der Waals surface area contributed by atoms with Crippen molar-refractivity contribution in [2.45, 2.75) is 58.6 Å². The van der Waals surface area contributed by atoms with E-state index < -0.39 is 0 Å². The molecule has 1 N–H and O–H groups in total. The zero-order valence-corrected chi connectivity index (χ0v) is 13.8.